The minimum Gasteiger partial charge on any atom is -0.310 e. The van der Waals surface area contributed by atoms with Crippen molar-refractivity contribution in [1.29, 1.82) is 0 Å². The summed E-state index contributed by atoms with van der Waals surface area (Å²) in [5.74, 6) is 0.746. The highest BCUT2D eigenvalue weighted by Crippen LogP contribution is 2.39. The molecule has 4 heteroatoms. The van der Waals surface area contributed by atoms with Crippen LogP contribution in [0, 0.1) is 11.7 Å². The van der Waals surface area contributed by atoms with Crippen LogP contribution in [0.25, 0.3) is 11.3 Å². The van der Waals surface area contributed by atoms with Gasteiger partial charge in [-0.1, -0.05) is 0 Å². The molecular weight excluding hydrogens is 259 g/mol. The van der Waals surface area contributed by atoms with Crippen LogP contribution in [0.4, 0.5) is 4.39 Å². The van der Waals surface area contributed by atoms with Gasteiger partial charge >= 0.3 is 0 Å². The number of benzene rings is 1. The molecule has 0 spiro atoms. The minimum atomic E-state index is -0.153. The molecule has 0 atom stereocenters. The second kappa shape index (κ2) is 4.39. The Balaban J connectivity index is 1.53. The second-order valence-electron chi connectivity index (χ2n) is 5.43. The maximum Gasteiger partial charge on any atom is 0.123 e. The van der Waals surface area contributed by atoms with Gasteiger partial charge in [-0.15, -0.1) is 11.3 Å². The molecule has 1 fully saturated rings. The zero-order valence-electron chi connectivity index (χ0n) is 10.6. The first kappa shape index (κ1) is 11.6. The van der Waals surface area contributed by atoms with E-state index in [9.17, 15) is 4.39 Å². The number of nitrogens with one attached hydrogen (secondary N) is 1. The fourth-order valence-electron chi connectivity index (χ4n) is 2.62. The molecule has 1 heterocycles. The van der Waals surface area contributed by atoms with Crippen LogP contribution in [0.15, 0.2) is 18.2 Å². The number of nitrogens with zero attached hydrogens (tertiary/aromatic N) is 1. The van der Waals surface area contributed by atoms with E-state index < -0.39 is 0 Å². The van der Waals surface area contributed by atoms with Gasteiger partial charge in [-0.25, -0.2) is 9.37 Å². The Morgan fingerprint density at radius 3 is 3.11 bits per heavy atom. The van der Waals surface area contributed by atoms with Crippen molar-refractivity contribution in [2.45, 2.75) is 25.8 Å². The molecule has 1 aromatic carbocycles. The molecule has 0 unspecified atom stereocenters. The normalized spacial score (nSPS) is 16.5. The third-order valence-electron chi connectivity index (χ3n) is 3.82. The fourth-order valence-corrected chi connectivity index (χ4v) is 3.70. The predicted octanol–water partition coefficient (Wildman–Crippen LogP) is 3.35. The summed E-state index contributed by atoms with van der Waals surface area (Å²) in [6.45, 7) is 1.98. The SMILES string of the molecule is Fc1ccc2c(c1)Cc1sc(CNCC3CC3)nc1-2. The molecule has 1 aromatic heterocycles. The topological polar surface area (TPSA) is 24.9 Å². The lowest BCUT2D eigenvalue weighted by molar-refractivity contribution is 0.626. The molecule has 2 aromatic rings. The van der Waals surface area contributed by atoms with Gasteiger partial charge in [0.25, 0.3) is 0 Å². The van der Waals surface area contributed by atoms with E-state index in [1.54, 1.807) is 17.4 Å². The van der Waals surface area contributed by atoms with Gasteiger partial charge in [0.2, 0.25) is 0 Å². The van der Waals surface area contributed by atoms with Crippen molar-refractivity contribution in [3.8, 4) is 11.3 Å². The van der Waals surface area contributed by atoms with Crippen molar-refractivity contribution in [3.05, 3.63) is 39.5 Å². The van der Waals surface area contributed by atoms with Crippen LogP contribution >= 0.6 is 11.3 Å². The van der Waals surface area contributed by atoms with E-state index in [1.807, 2.05) is 6.07 Å². The first-order valence-corrected chi connectivity index (χ1v) is 7.59. The molecule has 2 aliphatic carbocycles. The number of rotatable bonds is 4. The van der Waals surface area contributed by atoms with Gasteiger partial charge in [0, 0.05) is 23.4 Å². The number of fused-ring (bicyclic) bond motifs is 3. The molecule has 4 rings (SSSR count). The maximum absolute atomic E-state index is 13.2. The molecule has 98 valence electrons. The number of thiazole rings is 1. The van der Waals surface area contributed by atoms with E-state index in [-0.39, 0.29) is 5.82 Å². The van der Waals surface area contributed by atoms with Gasteiger partial charge in [0.05, 0.1) is 5.69 Å². The molecular formula is C15H15FN2S. The Bertz CT molecular complexity index is 631. The van der Waals surface area contributed by atoms with Gasteiger partial charge in [0.1, 0.15) is 10.8 Å². The summed E-state index contributed by atoms with van der Waals surface area (Å²) in [5, 5.41) is 4.63. The lowest BCUT2D eigenvalue weighted by atomic mass is 10.1. The highest BCUT2D eigenvalue weighted by atomic mass is 32.1. The highest BCUT2D eigenvalue weighted by Gasteiger charge is 2.24. The Morgan fingerprint density at radius 2 is 2.26 bits per heavy atom. The van der Waals surface area contributed by atoms with E-state index in [1.165, 1.54) is 23.8 Å². The average molecular weight is 274 g/mol. The number of aromatic nitrogens is 1. The summed E-state index contributed by atoms with van der Waals surface area (Å²) in [6.07, 6.45) is 3.59. The molecule has 0 aliphatic heterocycles. The average Bonchev–Trinajstić information content (AvgIpc) is 3.02. The van der Waals surface area contributed by atoms with Crippen LogP contribution in [-0.4, -0.2) is 11.5 Å². The first-order chi connectivity index (χ1) is 9.29. The second-order valence-corrected chi connectivity index (χ2v) is 6.60. The minimum absolute atomic E-state index is 0.153. The van der Waals surface area contributed by atoms with Crippen molar-refractivity contribution < 1.29 is 4.39 Å². The van der Waals surface area contributed by atoms with E-state index in [2.05, 4.69) is 5.32 Å². The summed E-state index contributed by atoms with van der Waals surface area (Å²) in [6, 6.07) is 5.02. The summed E-state index contributed by atoms with van der Waals surface area (Å²) >= 11 is 1.76. The van der Waals surface area contributed by atoms with Crippen LogP contribution < -0.4 is 5.32 Å². The monoisotopic (exact) mass is 274 g/mol. The van der Waals surface area contributed by atoms with Crippen molar-refractivity contribution in [2.75, 3.05) is 6.54 Å². The summed E-state index contributed by atoms with van der Waals surface area (Å²) in [4.78, 5) is 5.99. The fraction of sp³-hybridized carbons (Fsp3) is 0.400. The van der Waals surface area contributed by atoms with Crippen LogP contribution in [0.5, 0.6) is 0 Å². The van der Waals surface area contributed by atoms with Gasteiger partial charge in [-0.05, 0) is 49.1 Å². The zero-order chi connectivity index (χ0) is 12.8. The zero-order valence-corrected chi connectivity index (χ0v) is 11.4. The summed E-state index contributed by atoms with van der Waals surface area (Å²) in [5.41, 5.74) is 3.26. The molecule has 19 heavy (non-hydrogen) atoms. The van der Waals surface area contributed by atoms with E-state index in [0.717, 1.165) is 47.3 Å². The van der Waals surface area contributed by atoms with Gasteiger partial charge in [-0.2, -0.15) is 0 Å². The van der Waals surface area contributed by atoms with Gasteiger partial charge in [-0.3, -0.25) is 0 Å². The summed E-state index contributed by atoms with van der Waals surface area (Å²) in [7, 11) is 0. The molecule has 2 nitrogen and oxygen atoms in total. The van der Waals surface area contributed by atoms with E-state index in [4.69, 9.17) is 4.98 Å². The highest BCUT2D eigenvalue weighted by molar-refractivity contribution is 7.12. The van der Waals surface area contributed by atoms with Crippen LogP contribution in [-0.2, 0) is 13.0 Å². The van der Waals surface area contributed by atoms with Crippen LogP contribution in [0.3, 0.4) is 0 Å². The third kappa shape index (κ3) is 2.19. The maximum atomic E-state index is 13.2. The molecule has 2 aliphatic rings. The quantitative estimate of drug-likeness (QED) is 0.789. The number of hydrogen-bond acceptors (Lipinski definition) is 3. The van der Waals surface area contributed by atoms with Crippen LogP contribution in [0.2, 0.25) is 0 Å². The number of halogens is 1. The molecule has 0 saturated heterocycles. The van der Waals surface area contributed by atoms with Gasteiger partial charge in [0.15, 0.2) is 0 Å². The van der Waals surface area contributed by atoms with Crippen LogP contribution in [0.1, 0.15) is 28.3 Å². The van der Waals surface area contributed by atoms with Gasteiger partial charge < -0.3 is 5.32 Å². The molecule has 1 N–H and O–H groups in total. The third-order valence-corrected chi connectivity index (χ3v) is 4.88. The Kier molecular flexibility index (Phi) is 2.67. The smallest absolute Gasteiger partial charge is 0.123 e. The molecule has 0 amide bonds. The Labute approximate surface area is 115 Å². The Morgan fingerprint density at radius 1 is 1.37 bits per heavy atom. The van der Waals surface area contributed by atoms with Crippen molar-refractivity contribution in [1.82, 2.24) is 10.3 Å². The van der Waals surface area contributed by atoms with Crippen molar-refractivity contribution in [3.63, 3.8) is 0 Å². The van der Waals surface area contributed by atoms with Crippen molar-refractivity contribution >= 4 is 11.3 Å². The summed E-state index contributed by atoms with van der Waals surface area (Å²) < 4.78 is 13.2. The lowest BCUT2D eigenvalue weighted by Crippen LogP contribution is -2.15. The van der Waals surface area contributed by atoms with Crippen molar-refractivity contribution in [2.24, 2.45) is 5.92 Å². The number of hydrogen-bond donors (Lipinski definition) is 1. The van der Waals surface area contributed by atoms with E-state index >= 15 is 0 Å². The lowest BCUT2D eigenvalue weighted by Gasteiger charge is -2.01. The molecule has 1 saturated carbocycles. The van der Waals surface area contributed by atoms with E-state index in [0.29, 0.717) is 0 Å². The Hall–Kier alpha value is -1.26. The largest absolute Gasteiger partial charge is 0.310 e. The predicted molar refractivity (Wildman–Crippen MR) is 74.7 cm³/mol. The molecule has 0 radical (unpaired) electrons. The standard InChI is InChI=1S/C15H15FN2S/c16-11-3-4-12-10(5-11)6-13-15(12)18-14(19-13)8-17-7-9-1-2-9/h3-5,9,17H,1-2,6-8H2. The first-order valence-electron chi connectivity index (χ1n) is 6.77. The molecule has 0 bridgehead atoms.